The zero-order valence-electron chi connectivity index (χ0n) is 4.72. The van der Waals surface area contributed by atoms with Crippen molar-refractivity contribution < 1.29 is 10.8 Å². The van der Waals surface area contributed by atoms with Gasteiger partial charge in [0.2, 0.25) is 0 Å². The Bertz CT molecular complexity index is 84.9. The third-order valence-electron chi connectivity index (χ3n) is 0.494. The maximum atomic E-state index is 10.3. The van der Waals surface area contributed by atoms with Gasteiger partial charge in [-0.2, -0.15) is 0 Å². The molecule has 0 aliphatic rings. The highest BCUT2D eigenvalue weighted by molar-refractivity contribution is 7.57. The summed E-state index contributed by atoms with van der Waals surface area (Å²) in [5, 5.41) is 0. The Morgan fingerprint density at radius 2 is 2.67 bits per heavy atom. The monoisotopic (exact) mass is 109 g/mol. The lowest BCUT2D eigenvalue weighted by molar-refractivity contribution is 0.486. The van der Waals surface area contributed by atoms with Gasteiger partial charge in [-0.15, -0.1) is 0 Å². The molecule has 0 saturated heterocycles. The Hall–Kier alpha value is 0.190. The van der Waals surface area contributed by atoms with Gasteiger partial charge in [-0.25, -0.2) is 0 Å². The molecule has 2 nitrogen and oxygen atoms in total. The fourth-order valence-electron chi connectivity index (χ4n) is 0. The lowest BCUT2D eigenvalue weighted by Crippen LogP contribution is -1.75. The largest absolute Gasteiger partial charge is 0.344 e. The van der Waals surface area contributed by atoms with Crippen LogP contribution in [0.15, 0.2) is 0 Å². The van der Waals surface area contributed by atoms with Gasteiger partial charge < -0.3 is 4.89 Å². The first-order chi connectivity index (χ1) is 3.12. The minimum Gasteiger partial charge on any atom is -0.344 e. The summed E-state index contributed by atoms with van der Waals surface area (Å²) in [5.41, 5.74) is 0. The molecule has 0 radical (unpaired) electrons. The second-order valence-electron chi connectivity index (χ2n) is 1.16. The fraction of sp³-hybridized carbons (Fsp3) is 1.00. The Kier molecular flexibility index (Phi) is 1.28. The molecular formula is C3H9O2P. The maximum absolute atomic E-state index is 10.3. The second kappa shape index (κ2) is 1.76. The molecule has 6 heavy (non-hydrogen) atoms. The van der Waals surface area contributed by atoms with Crippen LogP contribution in [0.25, 0.3) is 0 Å². The molecule has 0 aromatic carbocycles. The highest BCUT2D eigenvalue weighted by Crippen LogP contribution is 2.33. The van der Waals surface area contributed by atoms with Crippen LogP contribution in [0.2, 0.25) is 0 Å². The van der Waals surface area contributed by atoms with E-state index in [1.165, 1.54) is 0 Å². The summed E-state index contributed by atoms with van der Waals surface area (Å²) >= 11 is 0. The molecule has 3 heteroatoms. The topological polar surface area (TPSA) is 37.3 Å². The summed E-state index contributed by atoms with van der Waals surface area (Å²) < 4.78 is 16.8. The predicted octanol–water partition coefficient (Wildman–Crippen LogP) is 0.906. The lowest BCUT2D eigenvalue weighted by atomic mass is 11.0. The molecule has 0 spiro atoms. The molecule has 0 rings (SSSR count). The molecule has 0 aromatic rings. The summed E-state index contributed by atoms with van der Waals surface area (Å²) in [5.74, 6) is 0. The standard InChI is InChI=1S/C3H9O2P/c1-3-6(2,4)5/h3H2,1-2H3,(H,4,5)/i2D. The Labute approximate surface area is 39.0 Å². The number of hydrogen-bond donors (Lipinski definition) is 1. The van der Waals surface area contributed by atoms with Gasteiger partial charge in [0, 0.05) is 14.2 Å². The van der Waals surface area contributed by atoms with Gasteiger partial charge in [0.25, 0.3) is 0 Å². The zero-order chi connectivity index (χ0) is 5.91. The van der Waals surface area contributed by atoms with E-state index < -0.39 is 7.37 Å². The summed E-state index contributed by atoms with van der Waals surface area (Å²) in [4.78, 5) is 8.50. The van der Waals surface area contributed by atoms with Crippen LogP contribution in [-0.4, -0.2) is 17.7 Å². The van der Waals surface area contributed by atoms with Crippen LogP contribution in [0.3, 0.4) is 0 Å². The summed E-state index contributed by atoms with van der Waals surface area (Å²) in [7, 11) is -2.99. The molecule has 38 valence electrons. The molecule has 1 unspecified atom stereocenters. The lowest BCUT2D eigenvalue weighted by Gasteiger charge is -1.94. The van der Waals surface area contributed by atoms with E-state index in [0.29, 0.717) is 0 Å². The number of rotatable bonds is 1. The van der Waals surface area contributed by atoms with E-state index in [0.717, 1.165) is 0 Å². The van der Waals surface area contributed by atoms with Crippen molar-refractivity contribution in [1.29, 1.82) is 0 Å². The second-order valence-corrected chi connectivity index (χ2v) is 3.49. The van der Waals surface area contributed by atoms with Crippen molar-refractivity contribution in [3.63, 3.8) is 0 Å². The average Bonchev–Trinajstić information content (AvgIpc) is 1.68. The van der Waals surface area contributed by atoms with Crippen molar-refractivity contribution in [2.75, 3.05) is 12.8 Å². The summed E-state index contributed by atoms with van der Waals surface area (Å²) in [6, 6.07) is 0. The van der Waals surface area contributed by atoms with E-state index in [4.69, 9.17) is 6.26 Å². The SMILES string of the molecule is [2H]CP(=O)(O)CC. The molecule has 0 heterocycles. The van der Waals surface area contributed by atoms with Crippen molar-refractivity contribution in [3.8, 4) is 0 Å². The van der Waals surface area contributed by atoms with E-state index in [-0.39, 0.29) is 12.8 Å². The summed E-state index contributed by atoms with van der Waals surface area (Å²) in [6.45, 7) is 1.26. The van der Waals surface area contributed by atoms with Crippen LogP contribution >= 0.6 is 7.37 Å². The zero-order valence-corrected chi connectivity index (χ0v) is 4.61. The Morgan fingerprint density at radius 1 is 2.17 bits per heavy atom. The molecule has 0 bridgehead atoms. The van der Waals surface area contributed by atoms with Crippen LogP contribution in [0.4, 0.5) is 0 Å². The first-order valence-corrected chi connectivity index (χ1v) is 3.75. The van der Waals surface area contributed by atoms with Gasteiger partial charge in [-0.3, -0.25) is 4.57 Å². The van der Waals surface area contributed by atoms with Crippen LogP contribution < -0.4 is 0 Å². The highest BCUT2D eigenvalue weighted by Gasteiger charge is 2.01. The van der Waals surface area contributed by atoms with Crippen LogP contribution in [0.1, 0.15) is 8.29 Å². The Balaban J connectivity index is 3.61. The van der Waals surface area contributed by atoms with Gasteiger partial charge in [0.05, 0.1) is 0 Å². The quantitative estimate of drug-likeness (QED) is 0.508. The number of hydrogen-bond acceptors (Lipinski definition) is 1. The van der Waals surface area contributed by atoms with E-state index in [2.05, 4.69) is 0 Å². The normalized spacial score (nSPS) is 22.0. The van der Waals surface area contributed by atoms with Crippen molar-refractivity contribution in [3.05, 3.63) is 0 Å². The van der Waals surface area contributed by atoms with E-state index in [1.807, 2.05) is 0 Å². The van der Waals surface area contributed by atoms with Gasteiger partial charge in [-0.05, 0) is 0 Å². The van der Waals surface area contributed by atoms with E-state index >= 15 is 0 Å². The van der Waals surface area contributed by atoms with Crippen molar-refractivity contribution in [2.45, 2.75) is 6.92 Å². The molecule has 0 saturated carbocycles. The molecule has 1 atom stereocenters. The van der Waals surface area contributed by atoms with Crippen LogP contribution in [0.5, 0.6) is 0 Å². The molecule has 0 fully saturated rings. The Morgan fingerprint density at radius 3 is 2.67 bits per heavy atom. The smallest absolute Gasteiger partial charge is 0.197 e. The van der Waals surface area contributed by atoms with Gasteiger partial charge in [0.1, 0.15) is 0 Å². The minimum absolute atomic E-state index is 0.219. The molecule has 0 amide bonds. The highest BCUT2D eigenvalue weighted by atomic mass is 31.2. The predicted molar refractivity (Wildman–Crippen MR) is 26.3 cm³/mol. The third-order valence-corrected chi connectivity index (χ3v) is 1.48. The van der Waals surface area contributed by atoms with Crippen LogP contribution in [0, 0.1) is 0 Å². The molecule has 1 N–H and O–H groups in total. The van der Waals surface area contributed by atoms with Crippen molar-refractivity contribution in [1.82, 2.24) is 0 Å². The summed E-state index contributed by atoms with van der Waals surface area (Å²) in [6.07, 6.45) is 0.219. The first kappa shape index (κ1) is 4.35. The molecule has 0 aromatic heterocycles. The maximum Gasteiger partial charge on any atom is 0.197 e. The van der Waals surface area contributed by atoms with Crippen LogP contribution in [-0.2, 0) is 4.57 Å². The first-order valence-electron chi connectivity index (χ1n) is 2.43. The van der Waals surface area contributed by atoms with Gasteiger partial charge >= 0.3 is 0 Å². The fourth-order valence-corrected chi connectivity index (χ4v) is 0. The van der Waals surface area contributed by atoms with Crippen molar-refractivity contribution >= 4 is 7.37 Å². The third kappa shape index (κ3) is 4.19. The van der Waals surface area contributed by atoms with E-state index in [9.17, 15) is 4.57 Å². The molecule has 0 aliphatic carbocycles. The molecule has 0 aliphatic heterocycles. The van der Waals surface area contributed by atoms with Gasteiger partial charge in [0.15, 0.2) is 7.37 Å². The van der Waals surface area contributed by atoms with Crippen molar-refractivity contribution in [2.24, 2.45) is 0 Å². The molecular weight excluding hydrogens is 99.0 g/mol. The average molecular weight is 109 g/mol. The van der Waals surface area contributed by atoms with Gasteiger partial charge in [-0.1, -0.05) is 6.92 Å². The van der Waals surface area contributed by atoms with E-state index in [1.54, 1.807) is 6.92 Å². The minimum atomic E-state index is -2.99.